The first-order valence-electron chi connectivity index (χ1n) is 7.81. The van der Waals surface area contributed by atoms with E-state index in [-0.39, 0.29) is 35.0 Å². The van der Waals surface area contributed by atoms with Crippen LogP contribution in [0.5, 0.6) is 0 Å². The summed E-state index contributed by atoms with van der Waals surface area (Å²) in [7, 11) is 2.95. The van der Waals surface area contributed by atoms with Gasteiger partial charge in [-0.25, -0.2) is 9.18 Å². The van der Waals surface area contributed by atoms with Gasteiger partial charge in [-0.05, 0) is 19.1 Å². The Morgan fingerprint density at radius 2 is 1.92 bits per heavy atom. The van der Waals surface area contributed by atoms with Crippen LogP contribution in [-0.2, 0) is 23.1 Å². The molecule has 0 aliphatic heterocycles. The van der Waals surface area contributed by atoms with Crippen LogP contribution in [0.1, 0.15) is 42.5 Å². The second-order valence-electron chi connectivity index (χ2n) is 5.81. The number of hydrogen-bond acceptors (Lipinski definition) is 5. The Hall–Kier alpha value is -3.22. The third-order valence-corrected chi connectivity index (χ3v) is 4.42. The van der Waals surface area contributed by atoms with Crippen LogP contribution in [0.3, 0.4) is 0 Å². The van der Waals surface area contributed by atoms with Gasteiger partial charge in [0, 0.05) is 24.4 Å². The molecule has 3 rings (SSSR count). The number of esters is 1. The molecular weight excluding hydrogens is 341 g/mol. The maximum Gasteiger partial charge on any atom is 0.341 e. The molecule has 0 saturated carbocycles. The summed E-state index contributed by atoms with van der Waals surface area (Å²) in [4.78, 5) is 37.0. The van der Waals surface area contributed by atoms with Gasteiger partial charge in [0.2, 0.25) is 11.6 Å². The second-order valence-corrected chi connectivity index (χ2v) is 5.81. The molecule has 0 amide bonds. The lowest BCUT2D eigenvalue weighted by molar-refractivity contribution is 0.0464. The Balaban J connectivity index is 1.95. The van der Waals surface area contributed by atoms with E-state index in [1.54, 1.807) is 18.5 Å². The molecule has 0 unspecified atom stereocenters. The van der Waals surface area contributed by atoms with Crippen molar-refractivity contribution in [3.63, 3.8) is 0 Å². The second kappa shape index (κ2) is 6.59. The Morgan fingerprint density at radius 3 is 2.58 bits per heavy atom. The topological polar surface area (TPSA) is 74.6 Å². The number of benzene rings is 1. The number of allylic oxidation sites excluding steroid dienone is 2. The molecule has 0 spiro atoms. The number of carbonyl (C=O) groups is 3. The maximum atomic E-state index is 13.7. The highest BCUT2D eigenvalue weighted by atomic mass is 19.1. The summed E-state index contributed by atoms with van der Waals surface area (Å²) in [6.07, 6.45) is 1.14. The van der Waals surface area contributed by atoms with Crippen molar-refractivity contribution in [2.75, 3.05) is 7.11 Å². The number of carbonyl (C=O) groups excluding carboxylic acids is 3. The summed E-state index contributed by atoms with van der Waals surface area (Å²) >= 11 is 0. The smallest absolute Gasteiger partial charge is 0.341 e. The van der Waals surface area contributed by atoms with Crippen molar-refractivity contribution < 1.29 is 28.2 Å². The number of fused-ring (bicyclic) bond motifs is 1. The first-order chi connectivity index (χ1) is 12.4. The number of methoxy groups -OCH3 is 1. The van der Waals surface area contributed by atoms with E-state index in [9.17, 15) is 18.8 Å². The number of hydrogen-bond donors (Lipinski definition) is 0. The number of ketones is 2. The predicted molar refractivity (Wildman–Crippen MR) is 89.4 cm³/mol. The summed E-state index contributed by atoms with van der Waals surface area (Å²) in [6.45, 7) is 1.44. The van der Waals surface area contributed by atoms with Crippen molar-refractivity contribution in [1.82, 2.24) is 4.57 Å². The molecule has 134 valence electrons. The number of nitrogens with zero attached hydrogens (tertiary/aromatic N) is 1. The Labute approximate surface area is 148 Å². The first kappa shape index (κ1) is 17.6. The average molecular weight is 357 g/mol. The van der Waals surface area contributed by atoms with Crippen LogP contribution < -0.4 is 0 Å². The molecule has 0 N–H and O–H groups in total. The van der Waals surface area contributed by atoms with Crippen LogP contribution in [0, 0.1) is 12.7 Å². The minimum absolute atomic E-state index is 0.0743. The normalized spacial score (nSPS) is 13.3. The fraction of sp³-hybridized carbons (Fsp3) is 0.211. The van der Waals surface area contributed by atoms with Crippen molar-refractivity contribution in [3.05, 3.63) is 70.0 Å². The van der Waals surface area contributed by atoms with Crippen LogP contribution in [-0.4, -0.2) is 29.2 Å². The van der Waals surface area contributed by atoms with E-state index >= 15 is 0 Å². The molecule has 1 aliphatic rings. The first-order valence-corrected chi connectivity index (χ1v) is 7.81. The van der Waals surface area contributed by atoms with Crippen molar-refractivity contribution in [2.24, 2.45) is 7.05 Å². The Kier molecular flexibility index (Phi) is 4.46. The minimum atomic E-state index is -0.850. The van der Waals surface area contributed by atoms with Gasteiger partial charge in [-0.3, -0.25) is 9.59 Å². The molecule has 0 radical (unpaired) electrons. The molecule has 0 fully saturated rings. The standard InChI is InChI=1S/C19H16FNO5/c1-10-12(9-26-19(24)11-6-4-5-7-13(11)20)16-17(21(10)2)14(22)8-15(25-3)18(16)23/h4-8H,9H2,1-3H3. The highest BCUT2D eigenvalue weighted by Crippen LogP contribution is 2.30. The maximum absolute atomic E-state index is 13.7. The number of halogens is 1. The number of Topliss-reactive ketones (excluding diaryl/α,β-unsaturated/α-hetero) is 1. The molecule has 0 saturated heterocycles. The third kappa shape index (κ3) is 2.71. The van der Waals surface area contributed by atoms with Crippen molar-refractivity contribution in [2.45, 2.75) is 13.5 Å². The molecule has 0 atom stereocenters. The lowest BCUT2D eigenvalue weighted by Crippen LogP contribution is -2.20. The van der Waals surface area contributed by atoms with Crippen molar-refractivity contribution >= 4 is 17.5 Å². The highest BCUT2D eigenvalue weighted by molar-refractivity contribution is 6.24. The zero-order valence-corrected chi connectivity index (χ0v) is 14.5. The van der Waals surface area contributed by atoms with Gasteiger partial charge in [0.15, 0.2) is 5.76 Å². The fourth-order valence-corrected chi connectivity index (χ4v) is 2.94. The van der Waals surface area contributed by atoms with E-state index < -0.39 is 17.6 Å². The van der Waals surface area contributed by atoms with E-state index in [4.69, 9.17) is 9.47 Å². The molecule has 7 heteroatoms. The number of rotatable bonds is 4. The molecule has 26 heavy (non-hydrogen) atoms. The summed E-state index contributed by atoms with van der Waals surface area (Å²) in [5, 5.41) is 0. The lowest BCUT2D eigenvalue weighted by Gasteiger charge is -2.13. The molecule has 1 aromatic carbocycles. The summed E-state index contributed by atoms with van der Waals surface area (Å²) in [6, 6.07) is 5.45. The van der Waals surface area contributed by atoms with Gasteiger partial charge in [0.05, 0.1) is 18.2 Å². The largest absolute Gasteiger partial charge is 0.492 e. The SMILES string of the molecule is COC1=CC(=O)c2c(c(COC(=O)c3ccccc3F)c(C)n2C)C1=O. The van der Waals surface area contributed by atoms with E-state index in [0.717, 1.165) is 12.1 Å². The van der Waals surface area contributed by atoms with E-state index in [0.29, 0.717) is 11.3 Å². The van der Waals surface area contributed by atoms with Gasteiger partial charge in [0.25, 0.3) is 0 Å². The monoisotopic (exact) mass is 357 g/mol. The van der Waals surface area contributed by atoms with Gasteiger partial charge in [-0.2, -0.15) is 0 Å². The van der Waals surface area contributed by atoms with Crippen LogP contribution in [0.15, 0.2) is 36.1 Å². The molecule has 1 aliphatic carbocycles. The van der Waals surface area contributed by atoms with Crippen LogP contribution in [0.2, 0.25) is 0 Å². The number of ether oxygens (including phenoxy) is 2. The Morgan fingerprint density at radius 1 is 1.23 bits per heavy atom. The van der Waals surface area contributed by atoms with Gasteiger partial charge in [-0.15, -0.1) is 0 Å². The van der Waals surface area contributed by atoms with Gasteiger partial charge in [-0.1, -0.05) is 12.1 Å². The summed E-state index contributed by atoms with van der Waals surface area (Å²) < 4.78 is 25.4. The van der Waals surface area contributed by atoms with Gasteiger partial charge < -0.3 is 14.0 Å². The van der Waals surface area contributed by atoms with Crippen LogP contribution in [0.4, 0.5) is 4.39 Å². The zero-order valence-electron chi connectivity index (χ0n) is 14.5. The lowest BCUT2D eigenvalue weighted by atomic mass is 9.96. The van der Waals surface area contributed by atoms with Crippen LogP contribution in [0.25, 0.3) is 0 Å². The molecular formula is C19H16FNO5. The van der Waals surface area contributed by atoms with Crippen molar-refractivity contribution in [1.29, 1.82) is 0 Å². The predicted octanol–water partition coefficient (Wildman–Crippen LogP) is 2.74. The third-order valence-electron chi connectivity index (χ3n) is 4.42. The quantitative estimate of drug-likeness (QED) is 0.787. The average Bonchev–Trinajstić information content (AvgIpc) is 2.88. The highest BCUT2D eigenvalue weighted by Gasteiger charge is 2.34. The number of aromatic nitrogens is 1. The molecule has 1 aromatic heterocycles. The summed E-state index contributed by atoms with van der Waals surface area (Å²) in [5.74, 6) is -2.44. The van der Waals surface area contributed by atoms with Gasteiger partial charge in [0.1, 0.15) is 18.1 Å². The Bertz CT molecular complexity index is 971. The van der Waals surface area contributed by atoms with E-state index in [1.807, 2.05) is 0 Å². The molecule has 6 nitrogen and oxygen atoms in total. The van der Waals surface area contributed by atoms with Crippen LogP contribution >= 0.6 is 0 Å². The van der Waals surface area contributed by atoms with Gasteiger partial charge >= 0.3 is 5.97 Å². The molecule has 2 aromatic rings. The molecule has 0 bridgehead atoms. The van der Waals surface area contributed by atoms with Crippen molar-refractivity contribution in [3.8, 4) is 0 Å². The minimum Gasteiger partial charge on any atom is -0.492 e. The van der Waals surface area contributed by atoms with E-state index in [2.05, 4.69) is 0 Å². The fourth-order valence-electron chi connectivity index (χ4n) is 2.94. The zero-order chi connectivity index (χ0) is 19.0. The summed E-state index contributed by atoms with van der Waals surface area (Å²) in [5.41, 5.74) is 1.16. The van der Waals surface area contributed by atoms with E-state index in [1.165, 1.54) is 25.3 Å². The molecule has 1 heterocycles.